The standard InChI is InChI=1S/C24H25ClN2/c1-19-17-21(25)11-12-23(19)24-10-6-5-7-20(24)18-26-13-15-27(16-14-26)22-8-3-2-4-9-22/h2-12,17H,13-16,18H2,1H3. The van der Waals surface area contributed by atoms with Crippen LogP contribution in [0.15, 0.2) is 72.8 Å². The molecule has 1 aliphatic rings. The molecule has 1 fully saturated rings. The van der Waals surface area contributed by atoms with Gasteiger partial charge in [0, 0.05) is 43.4 Å². The van der Waals surface area contributed by atoms with E-state index in [0.717, 1.165) is 37.7 Å². The van der Waals surface area contributed by atoms with E-state index in [-0.39, 0.29) is 0 Å². The number of aryl methyl sites for hydroxylation is 1. The molecule has 1 aliphatic heterocycles. The van der Waals surface area contributed by atoms with Crippen molar-refractivity contribution in [3.8, 4) is 11.1 Å². The molecule has 1 saturated heterocycles. The van der Waals surface area contributed by atoms with E-state index in [2.05, 4.69) is 77.4 Å². The summed E-state index contributed by atoms with van der Waals surface area (Å²) in [5, 5.41) is 0.797. The van der Waals surface area contributed by atoms with Crippen molar-refractivity contribution in [2.24, 2.45) is 0 Å². The second-order valence-corrected chi connectivity index (χ2v) is 7.65. The van der Waals surface area contributed by atoms with Crippen molar-refractivity contribution >= 4 is 17.3 Å². The number of hydrogen-bond donors (Lipinski definition) is 0. The van der Waals surface area contributed by atoms with E-state index in [9.17, 15) is 0 Å². The van der Waals surface area contributed by atoms with Crippen molar-refractivity contribution in [1.82, 2.24) is 4.90 Å². The van der Waals surface area contributed by atoms with Crippen molar-refractivity contribution in [1.29, 1.82) is 0 Å². The van der Waals surface area contributed by atoms with Gasteiger partial charge in [-0.1, -0.05) is 60.1 Å². The molecule has 2 nitrogen and oxygen atoms in total. The molecule has 138 valence electrons. The van der Waals surface area contributed by atoms with Crippen molar-refractivity contribution in [2.45, 2.75) is 13.5 Å². The highest BCUT2D eigenvalue weighted by Crippen LogP contribution is 2.30. The molecule has 3 heteroatoms. The highest BCUT2D eigenvalue weighted by Gasteiger charge is 2.18. The van der Waals surface area contributed by atoms with Gasteiger partial charge in [-0.2, -0.15) is 0 Å². The van der Waals surface area contributed by atoms with Crippen LogP contribution < -0.4 is 4.90 Å². The van der Waals surface area contributed by atoms with E-state index in [1.54, 1.807) is 0 Å². The van der Waals surface area contributed by atoms with Gasteiger partial charge in [0.15, 0.2) is 0 Å². The predicted octanol–water partition coefficient (Wildman–Crippen LogP) is 5.64. The van der Waals surface area contributed by atoms with Crippen LogP contribution in [0.1, 0.15) is 11.1 Å². The van der Waals surface area contributed by atoms with E-state index in [4.69, 9.17) is 11.6 Å². The Balaban J connectivity index is 1.48. The van der Waals surface area contributed by atoms with Crippen molar-refractivity contribution in [2.75, 3.05) is 31.1 Å². The zero-order valence-corrected chi connectivity index (χ0v) is 16.5. The minimum Gasteiger partial charge on any atom is -0.369 e. The summed E-state index contributed by atoms with van der Waals surface area (Å²) < 4.78 is 0. The molecule has 0 aliphatic carbocycles. The predicted molar refractivity (Wildman–Crippen MR) is 116 cm³/mol. The third-order valence-electron chi connectivity index (χ3n) is 5.38. The topological polar surface area (TPSA) is 6.48 Å². The molecule has 0 radical (unpaired) electrons. The summed E-state index contributed by atoms with van der Waals surface area (Å²) in [6.45, 7) is 7.45. The first kappa shape index (κ1) is 18.1. The average Bonchev–Trinajstić information content (AvgIpc) is 2.70. The summed E-state index contributed by atoms with van der Waals surface area (Å²) in [5.74, 6) is 0. The van der Waals surface area contributed by atoms with Crippen LogP contribution in [0.2, 0.25) is 5.02 Å². The minimum atomic E-state index is 0.797. The summed E-state index contributed by atoms with van der Waals surface area (Å²) in [6.07, 6.45) is 0. The highest BCUT2D eigenvalue weighted by molar-refractivity contribution is 6.30. The van der Waals surface area contributed by atoms with Gasteiger partial charge in [0.1, 0.15) is 0 Å². The maximum atomic E-state index is 6.15. The first-order valence-corrected chi connectivity index (χ1v) is 9.95. The summed E-state index contributed by atoms with van der Waals surface area (Å²) in [4.78, 5) is 5.04. The van der Waals surface area contributed by atoms with Crippen LogP contribution in [-0.4, -0.2) is 31.1 Å². The lowest BCUT2D eigenvalue weighted by atomic mass is 9.95. The number of halogens is 1. The van der Waals surface area contributed by atoms with Gasteiger partial charge >= 0.3 is 0 Å². The molecule has 4 rings (SSSR count). The van der Waals surface area contributed by atoms with E-state index in [1.807, 2.05) is 12.1 Å². The second kappa shape index (κ2) is 8.16. The van der Waals surface area contributed by atoms with E-state index >= 15 is 0 Å². The van der Waals surface area contributed by atoms with Crippen molar-refractivity contribution in [3.63, 3.8) is 0 Å². The van der Waals surface area contributed by atoms with Crippen molar-refractivity contribution in [3.05, 3.63) is 88.9 Å². The number of para-hydroxylation sites is 1. The number of benzene rings is 3. The molecule has 0 spiro atoms. The van der Waals surface area contributed by atoms with Crippen LogP contribution in [0, 0.1) is 6.92 Å². The summed E-state index contributed by atoms with van der Waals surface area (Å²) >= 11 is 6.15. The second-order valence-electron chi connectivity index (χ2n) is 7.22. The Morgan fingerprint density at radius 3 is 2.22 bits per heavy atom. The Hall–Kier alpha value is -2.29. The molecule has 27 heavy (non-hydrogen) atoms. The largest absolute Gasteiger partial charge is 0.369 e. The molecule has 1 heterocycles. The van der Waals surface area contributed by atoms with Crippen LogP contribution in [0.25, 0.3) is 11.1 Å². The third kappa shape index (κ3) is 4.18. The Labute approximate surface area is 167 Å². The van der Waals surface area contributed by atoms with Gasteiger partial charge in [-0.3, -0.25) is 4.90 Å². The molecule has 3 aromatic rings. The number of nitrogens with zero attached hydrogens (tertiary/aromatic N) is 2. The molecule has 0 unspecified atom stereocenters. The van der Waals surface area contributed by atoms with Crippen LogP contribution in [0.3, 0.4) is 0 Å². The SMILES string of the molecule is Cc1cc(Cl)ccc1-c1ccccc1CN1CCN(c2ccccc2)CC1. The Morgan fingerprint density at radius 1 is 0.778 bits per heavy atom. The fraction of sp³-hybridized carbons (Fsp3) is 0.250. The molecule has 0 bridgehead atoms. The van der Waals surface area contributed by atoms with Gasteiger partial charge in [0.2, 0.25) is 0 Å². The van der Waals surface area contributed by atoms with Crippen LogP contribution in [0.5, 0.6) is 0 Å². The van der Waals surface area contributed by atoms with Gasteiger partial charge in [0.05, 0.1) is 0 Å². The minimum absolute atomic E-state index is 0.797. The molecule has 0 aromatic heterocycles. The van der Waals surface area contributed by atoms with E-state index < -0.39 is 0 Å². The fourth-order valence-electron chi connectivity index (χ4n) is 3.89. The van der Waals surface area contributed by atoms with Gasteiger partial charge in [-0.25, -0.2) is 0 Å². The molecular weight excluding hydrogens is 352 g/mol. The number of hydrogen-bond acceptors (Lipinski definition) is 2. The first-order valence-electron chi connectivity index (χ1n) is 9.57. The molecule has 0 amide bonds. The average molecular weight is 377 g/mol. The van der Waals surface area contributed by atoms with Crippen LogP contribution >= 0.6 is 11.6 Å². The smallest absolute Gasteiger partial charge is 0.0409 e. The summed E-state index contributed by atoms with van der Waals surface area (Å²) in [7, 11) is 0. The molecule has 3 aromatic carbocycles. The lowest BCUT2D eigenvalue weighted by Crippen LogP contribution is -2.46. The van der Waals surface area contributed by atoms with Gasteiger partial charge in [0.25, 0.3) is 0 Å². The van der Waals surface area contributed by atoms with Crippen molar-refractivity contribution < 1.29 is 0 Å². The zero-order valence-electron chi connectivity index (χ0n) is 15.7. The van der Waals surface area contributed by atoms with Crippen LogP contribution in [-0.2, 0) is 6.54 Å². The lowest BCUT2D eigenvalue weighted by Gasteiger charge is -2.36. The third-order valence-corrected chi connectivity index (χ3v) is 5.62. The monoisotopic (exact) mass is 376 g/mol. The van der Waals surface area contributed by atoms with Gasteiger partial charge < -0.3 is 4.90 Å². The summed E-state index contributed by atoms with van der Waals surface area (Å²) in [6, 6.07) is 25.6. The number of piperazine rings is 1. The molecule has 0 N–H and O–H groups in total. The fourth-order valence-corrected chi connectivity index (χ4v) is 4.12. The van der Waals surface area contributed by atoms with Crippen LogP contribution in [0.4, 0.5) is 5.69 Å². The number of rotatable bonds is 4. The Bertz CT molecular complexity index is 899. The van der Waals surface area contributed by atoms with Gasteiger partial charge in [-0.05, 0) is 53.4 Å². The van der Waals surface area contributed by atoms with Gasteiger partial charge in [-0.15, -0.1) is 0 Å². The first-order chi connectivity index (χ1) is 13.2. The molecule has 0 saturated carbocycles. The quantitative estimate of drug-likeness (QED) is 0.581. The number of anilines is 1. The maximum Gasteiger partial charge on any atom is 0.0409 e. The zero-order chi connectivity index (χ0) is 18.6. The molecule has 0 atom stereocenters. The Morgan fingerprint density at radius 2 is 1.48 bits per heavy atom. The van der Waals surface area contributed by atoms with E-state index in [1.165, 1.54) is 27.9 Å². The highest BCUT2D eigenvalue weighted by atomic mass is 35.5. The lowest BCUT2D eigenvalue weighted by molar-refractivity contribution is 0.250. The maximum absolute atomic E-state index is 6.15. The summed E-state index contributed by atoms with van der Waals surface area (Å²) in [5.41, 5.74) is 6.53. The Kier molecular flexibility index (Phi) is 5.47. The molecular formula is C24H25ClN2. The normalized spacial score (nSPS) is 15.1. The van der Waals surface area contributed by atoms with E-state index in [0.29, 0.717) is 0 Å².